The largest absolute Gasteiger partial charge is 0.492 e. The van der Waals surface area contributed by atoms with Gasteiger partial charge in [0.05, 0.1) is 19.4 Å². The van der Waals surface area contributed by atoms with Gasteiger partial charge < -0.3 is 9.84 Å². The highest BCUT2D eigenvalue weighted by molar-refractivity contribution is 5.36. The number of aliphatic hydroxyl groups excluding tert-OH is 1. The molecular formula is C16H16N2O2. The minimum Gasteiger partial charge on any atom is -0.492 e. The molecule has 0 spiro atoms. The van der Waals surface area contributed by atoms with Crippen molar-refractivity contribution in [2.24, 2.45) is 0 Å². The van der Waals surface area contributed by atoms with Crippen molar-refractivity contribution in [3.8, 4) is 17.6 Å². The molecule has 20 heavy (non-hydrogen) atoms. The Morgan fingerprint density at radius 2 is 2.00 bits per heavy atom. The summed E-state index contributed by atoms with van der Waals surface area (Å²) in [5.41, 5.74) is 1.98. The van der Waals surface area contributed by atoms with E-state index >= 15 is 0 Å². The van der Waals surface area contributed by atoms with Crippen LogP contribution in [0.1, 0.15) is 17.5 Å². The highest BCUT2D eigenvalue weighted by Gasteiger charge is 1.97. The van der Waals surface area contributed by atoms with E-state index in [1.807, 2.05) is 18.2 Å². The van der Waals surface area contributed by atoms with E-state index in [1.165, 1.54) is 5.56 Å². The summed E-state index contributed by atoms with van der Waals surface area (Å²) in [4.78, 5) is 8.06. The second-order valence-corrected chi connectivity index (χ2v) is 4.14. The number of ether oxygens (including phenoxy) is 1. The molecule has 2 aromatic rings. The van der Waals surface area contributed by atoms with Gasteiger partial charge in [0.15, 0.2) is 0 Å². The third-order valence-electron chi connectivity index (χ3n) is 2.59. The zero-order chi connectivity index (χ0) is 14.0. The third-order valence-corrected chi connectivity index (χ3v) is 2.59. The molecule has 0 aromatic carbocycles. The van der Waals surface area contributed by atoms with E-state index in [4.69, 9.17) is 9.84 Å². The predicted octanol–water partition coefficient (Wildman–Crippen LogP) is 1.83. The lowest BCUT2D eigenvalue weighted by Gasteiger charge is -2.05. The molecule has 4 nitrogen and oxygen atoms in total. The zero-order valence-corrected chi connectivity index (χ0v) is 11.1. The highest BCUT2D eigenvalue weighted by Crippen LogP contribution is 2.11. The molecule has 0 saturated carbocycles. The first-order valence-corrected chi connectivity index (χ1v) is 6.45. The van der Waals surface area contributed by atoms with Crippen LogP contribution in [0.3, 0.4) is 0 Å². The van der Waals surface area contributed by atoms with Crippen LogP contribution < -0.4 is 4.74 Å². The molecule has 0 aliphatic rings. The van der Waals surface area contributed by atoms with E-state index in [-0.39, 0.29) is 6.61 Å². The minimum absolute atomic E-state index is 0.0720. The van der Waals surface area contributed by atoms with Crippen molar-refractivity contribution in [1.29, 1.82) is 0 Å². The lowest BCUT2D eigenvalue weighted by Crippen LogP contribution is -2.01. The lowest BCUT2D eigenvalue weighted by atomic mass is 10.2. The van der Waals surface area contributed by atoms with Gasteiger partial charge in [-0.2, -0.15) is 0 Å². The fourth-order valence-electron chi connectivity index (χ4n) is 1.62. The van der Waals surface area contributed by atoms with Crippen molar-refractivity contribution in [2.75, 3.05) is 13.2 Å². The number of aliphatic hydroxyl groups is 1. The van der Waals surface area contributed by atoms with Crippen LogP contribution in [0, 0.1) is 11.8 Å². The maximum absolute atomic E-state index is 8.68. The Morgan fingerprint density at radius 1 is 1.15 bits per heavy atom. The summed E-state index contributed by atoms with van der Waals surface area (Å²) in [7, 11) is 0. The molecule has 4 heteroatoms. The summed E-state index contributed by atoms with van der Waals surface area (Å²) in [5.74, 6) is 6.49. The Morgan fingerprint density at radius 3 is 2.80 bits per heavy atom. The number of nitrogens with zero attached hydrogens (tertiary/aromatic N) is 2. The van der Waals surface area contributed by atoms with Crippen LogP contribution >= 0.6 is 0 Å². The summed E-state index contributed by atoms with van der Waals surface area (Å²) in [6.07, 6.45) is 8.18. The first-order chi connectivity index (χ1) is 9.88. The van der Waals surface area contributed by atoms with Crippen LogP contribution in [0.2, 0.25) is 0 Å². The Bertz CT molecular complexity index is 588. The molecule has 102 valence electrons. The summed E-state index contributed by atoms with van der Waals surface area (Å²) >= 11 is 0. The number of rotatable bonds is 5. The quantitative estimate of drug-likeness (QED) is 0.841. The Balaban J connectivity index is 1.87. The van der Waals surface area contributed by atoms with Crippen molar-refractivity contribution in [3.05, 3.63) is 54.1 Å². The number of pyridine rings is 2. The van der Waals surface area contributed by atoms with Gasteiger partial charge in [0.2, 0.25) is 0 Å². The molecule has 0 aliphatic carbocycles. The standard InChI is InChI=1S/C16H16N2O2/c19-9-2-1-3-15-11-16(13-18-12-15)20-10-6-14-4-7-17-8-5-14/h4-5,7-8,11-13,19H,2,6,9-10H2. The van der Waals surface area contributed by atoms with Gasteiger partial charge >= 0.3 is 0 Å². The predicted molar refractivity (Wildman–Crippen MR) is 76.3 cm³/mol. The van der Waals surface area contributed by atoms with Gasteiger partial charge in [0.25, 0.3) is 0 Å². The Labute approximate surface area is 118 Å². The zero-order valence-electron chi connectivity index (χ0n) is 11.1. The second kappa shape index (κ2) is 7.93. The average Bonchev–Trinajstić information content (AvgIpc) is 2.49. The number of aromatic nitrogens is 2. The highest BCUT2D eigenvalue weighted by atomic mass is 16.5. The first-order valence-electron chi connectivity index (χ1n) is 6.45. The van der Waals surface area contributed by atoms with E-state index in [9.17, 15) is 0 Å². The summed E-state index contributed by atoms with van der Waals surface area (Å²) in [6.45, 7) is 0.655. The fourth-order valence-corrected chi connectivity index (χ4v) is 1.62. The van der Waals surface area contributed by atoms with Crippen LogP contribution in [0.5, 0.6) is 5.75 Å². The molecule has 2 aromatic heterocycles. The van der Waals surface area contributed by atoms with Crippen LogP contribution in [0.15, 0.2) is 43.0 Å². The van der Waals surface area contributed by atoms with Gasteiger partial charge in [-0.25, -0.2) is 0 Å². The van der Waals surface area contributed by atoms with Gasteiger partial charge in [0.1, 0.15) is 5.75 Å². The molecule has 0 amide bonds. The van der Waals surface area contributed by atoms with Crippen molar-refractivity contribution in [3.63, 3.8) is 0 Å². The van der Waals surface area contributed by atoms with E-state index in [0.29, 0.717) is 18.8 Å². The van der Waals surface area contributed by atoms with Gasteiger partial charge in [-0.05, 0) is 23.8 Å². The Hall–Kier alpha value is -2.38. The lowest BCUT2D eigenvalue weighted by molar-refractivity contribution is 0.305. The average molecular weight is 268 g/mol. The van der Waals surface area contributed by atoms with Crippen LogP contribution in [-0.4, -0.2) is 28.3 Å². The van der Waals surface area contributed by atoms with Crippen molar-refractivity contribution in [1.82, 2.24) is 9.97 Å². The van der Waals surface area contributed by atoms with Gasteiger partial charge in [-0.1, -0.05) is 11.8 Å². The van der Waals surface area contributed by atoms with Crippen LogP contribution in [0.25, 0.3) is 0 Å². The molecule has 0 aliphatic heterocycles. The smallest absolute Gasteiger partial charge is 0.138 e. The van der Waals surface area contributed by atoms with Crippen LogP contribution in [-0.2, 0) is 6.42 Å². The maximum Gasteiger partial charge on any atom is 0.138 e. The molecular weight excluding hydrogens is 252 g/mol. The molecule has 1 N–H and O–H groups in total. The molecule has 0 atom stereocenters. The molecule has 0 fully saturated rings. The first kappa shape index (κ1) is 14.0. The minimum atomic E-state index is 0.0720. The van der Waals surface area contributed by atoms with E-state index in [2.05, 4.69) is 21.8 Å². The molecule has 0 radical (unpaired) electrons. The summed E-state index contributed by atoms with van der Waals surface area (Å²) in [5, 5.41) is 8.68. The van der Waals surface area contributed by atoms with Crippen LogP contribution in [0.4, 0.5) is 0 Å². The fraction of sp³-hybridized carbons (Fsp3) is 0.250. The van der Waals surface area contributed by atoms with Crippen molar-refractivity contribution >= 4 is 0 Å². The van der Waals surface area contributed by atoms with Crippen molar-refractivity contribution in [2.45, 2.75) is 12.8 Å². The van der Waals surface area contributed by atoms with E-state index < -0.39 is 0 Å². The monoisotopic (exact) mass is 268 g/mol. The molecule has 2 heterocycles. The van der Waals surface area contributed by atoms with Gasteiger partial charge in [0, 0.05) is 37.0 Å². The summed E-state index contributed by atoms with van der Waals surface area (Å²) in [6, 6.07) is 5.79. The van der Waals surface area contributed by atoms with Gasteiger partial charge in [-0.15, -0.1) is 0 Å². The number of hydrogen-bond donors (Lipinski definition) is 1. The molecule has 0 unspecified atom stereocenters. The van der Waals surface area contributed by atoms with Gasteiger partial charge in [-0.3, -0.25) is 9.97 Å². The summed E-state index contributed by atoms with van der Waals surface area (Å²) < 4.78 is 5.66. The normalized spacial score (nSPS) is 9.65. The molecule has 0 bridgehead atoms. The molecule has 2 rings (SSSR count). The Kier molecular flexibility index (Phi) is 5.56. The van der Waals surface area contributed by atoms with Crippen molar-refractivity contribution < 1.29 is 9.84 Å². The molecule has 0 saturated heterocycles. The number of hydrogen-bond acceptors (Lipinski definition) is 4. The SMILES string of the molecule is OCCC#Cc1cncc(OCCc2ccncc2)c1. The maximum atomic E-state index is 8.68. The third kappa shape index (κ3) is 4.71. The topological polar surface area (TPSA) is 55.2 Å². The van der Waals surface area contributed by atoms with E-state index in [1.54, 1.807) is 24.8 Å². The second-order valence-electron chi connectivity index (χ2n) is 4.14. The van der Waals surface area contributed by atoms with E-state index in [0.717, 1.165) is 12.0 Å².